The fourth-order valence-corrected chi connectivity index (χ4v) is 4.47. The first-order valence-electron chi connectivity index (χ1n) is 13.0. The number of aliphatic carboxylic acids is 1. The zero-order chi connectivity index (χ0) is 25.9. The van der Waals surface area contributed by atoms with Crippen LogP contribution in [-0.2, 0) is 9.59 Å². The molecule has 0 aliphatic carbocycles. The lowest BCUT2D eigenvalue weighted by molar-refractivity contribution is -0.137. The number of hydrogen-bond donors (Lipinski definition) is 2. The van der Waals surface area contributed by atoms with E-state index in [9.17, 15) is 9.59 Å². The smallest absolute Gasteiger partial charge is 0.303 e. The van der Waals surface area contributed by atoms with Crippen LogP contribution in [0.1, 0.15) is 77.3 Å². The molecular formula is C30H38N2O4. The molecule has 192 valence electrons. The average Bonchev–Trinajstić information content (AvgIpc) is 3.28. The number of nitrogens with one attached hydrogen (secondary N) is 1. The van der Waals surface area contributed by atoms with Crippen molar-refractivity contribution in [2.45, 2.75) is 71.8 Å². The molecule has 36 heavy (non-hydrogen) atoms. The summed E-state index contributed by atoms with van der Waals surface area (Å²) in [5.74, 6) is -0.572. The Kier molecular flexibility index (Phi) is 10.2. The molecule has 2 aromatic carbocycles. The van der Waals surface area contributed by atoms with Crippen LogP contribution in [0.3, 0.4) is 0 Å². The number of carbonyl (C=O) groups excluding carboxylic acids is 1. The number of hydrogen-bond acceptors (Lipinski definition) is 3. The van der Waals surface area contributed by atoms with Crippen molar-refractivity contribution >= 4 is 34.0 Å². The highest BCUT2D eigenvalue weighted by Gasteiger charge is 2.13. The van der Waals surface area contributed by atoms with E-state index in [2.05, 4.69) is 54.2 Å². The van der Waals surface area contributed by atoms with Gasteiger partial charge in [-0.05, 0) is 67.7 Å². The predicted octanol–water partition coefficient (Wildman–Crippen LogP) is 7.46. The lowest BCUT2D eigenvalue weighted by Crippen LogP contribution is -2.11. The van der Waals surface area contributed by atoms with Gasteiger partial charge in [0.25, 0.3) is 0 Å². The first-order chi connectivity index (χ1) is 17.4. The maximum Gasteiger partial charge on any atom is 0.303 e. The summed E-state index contributed by atoms with van der Waals surface area (Å²) in [6.07, 6.45) is 10.2. The number of carboxylic acid groups (broad SMARTS) is 1. The van der Waals surface area contributed by atoms with Gasteiger partial charge in [-0.15, -0.1) is 0 Å². The lowest BCUT2D eigenvalue weighted by Gasteiger charge is -2.19. The molecule has 6 nitrogen and oxygen atoms in total. The van der Waals surface area contributed by atoms with Crippen molar-refractivity contribution in [1.82, 2.24) is 4.57 Å². The van der Waals surface area contributed by atoms with Crippen LogP contribution in [0.15, 0.2) is 60.8 Å². The molecule has 1 unspecified atom stereocenters. The Morgan fingerprint density at radius 2 is 1.86 bits per heavy atom. The van der Waals surface area contributed by atoms with Gasteiger partial charge in [0.2, 0.25) is 5.91 Å². The summed E-state index contributed by atoms with van der Waals surface area (Å²) in [5, 5.41) is 12.8. The number of fused-ring (bicyclic) bond motifs is 1. The molecule has 1 aromatic heterocycles. The van der Waals surface area contributed by atoms with E-state index in [-0.39, 0.29) is 18.9 Å². The molecular weight excluding hydrogens is 452 g/mol. The number of nitrogens with zero attached hydrogens (tertiary/aromatic N) is 1. The number of amides is 1. The number of ether oxygens (including phenoxy) is 1. The summed E-state index contributed by atoms with van der Waals surface area (Å²) < 4.78 is 8.10. The Morgan fingerprint density at radius 1 is 1.06 bits per heavy atom. The number of anilines is 1. The monoisotopic (exact) mass is 490 g/mol. The van der Waals surface area contributed by atoms with Crippen molar-refractivity contribution in [3.05, 3.63) is 66.4 Å². The summed E-state index contributed by atoms with van der Waals surface area (Å²) in [6, 6.07) is 16.2. The highest BCUT2D eigenvalue weighted by atomic mass is 16.5. The fourth-order valence-electron chi connectivity index (χ4n) is 4.47. The van der Waals surface area contributed by atoms with Gasteiger partial charge in [-0.3, -0.25) is 9.59 Å². The Morgan fingerprint density at radius 3 is 2.61 bits per heavy atom. The van der Waals surface area contributed by atoms with Gasteiger partial charge in [-0.2, -0.15) is 0 Å². The molecule has 3 rings (SSSR count). The minimum absolute atomic E-state index is 0.0438. The van der Waals surface area contributed by atoms with Crippen LogP contribution in [0, 0.1) is 0 Å². The maximum absolute atomic E-state index is 12.8. The number of carbonyl (C=O) groups is 2. The first-order valence-corrected chi connectivity index (χ1v) is 13.0. The van der Waals surface area contributed by atoms with Gasteiger partial charge in [0.1, 0.15) is 5.75 Å². The number of benzene rings is 2. The van der Waals surface area contributed by atoms with E-state index in [4.69, 9.17) is 9.84 Å². The zero-order valence-corrected chi connectivity index (χ0v) is 21.6. The van der Waals surface area contributed by atoms with Crippen molar-refractivity contribution in [3.8, 4) is 5.75 Å². The van der Waals surface area contributed by atoms with Gasteiger partial charge in [0.15, 0.2) is 0 Å². The number of unbranched alkanes of at least 4 members (excludes halogenated alkanes) is 1. The van der Waals surface area contributed by atoms with Gasteiger partial charge < -0.3 is 19.7 Å². The topological polar surface area (TPSA) is 80.6 Å². The number of aromatic nitrogens is 1. The summed E-state index contributed by atoms with van der Waals surface area (Å²) in [4.78, 5) is 23.5. The third kappa shape index (κ3) is 7.48. The Balaban J connectivity index is 1.71. The molecule has 1 heterocycles. The van der Waals surface area contributed by atoms with Crippen LogP contribution in [0.25, 0.3) is 16.5 Å². The van der Waals surface area contributed by atoms with E-state index in [1.807, 2.05) is 19.1 Å². The molecule has 2 N–H and O–H groups in total. The van der Waals surface area contributed by atoms with Gasteiger partial charge >= 0.3 is 5.97 Å². The Labute approximate surface area is 214 Å². The van der Waals surface area contributed by atoms with E-state index >= 15 is 0 Å². The third-order valence-electron chi connectivity index (χ3n) is 6.37. The second-order valence-corrected chi connectivity index (χ2v) is 9.24. The molecule has 0 aliphatic heterocycles. The molecule has 0 saturated carbocycles. The van der Waals surface area contributed by atoms with Crippen LogP contribution in [0.5, 0.6) is 5.75 Å². The normalized spacial score (nSPS) is 12.5. The van der Waals surface area contributed by atoms with Gasteiger partial charge in [0.05, 0.1) is 12.3 Å². The molecule has 1 atom stereocenters. The highest BCUT2D eigenvalue weighted by molar-refractivity contribution is 6.04. The first kappa shape index (κ1) is 27.1. The number of rotatable bonds is 14. The van der Waals surface area contributed by atoms with Crippen molar-refractivity contribution in [2.75, 3.05) is 11.9 Å². The Bertz CT molecular complexity index is 1190. The number of allylic oxidation sites excluding steroid dienone is 1. The van der Waals surface area contributed by atoms with E-state index in [1.54, 1.807) is 18.2 Å². The summed E-state index contributed by atoms with van der Waals surface area (Å²) in [5.41, 5.74) is 3.68. The van der Waals surface area contributed by atoms with Gasteiger partial charge in [0, 0.05) is 35.6 Å². The van der Waals surface area contributed by atoms with Crippen LogP contribution in [0.4, 0.5) is 5.69 Å². The van der Waals surface area contributed by atoms with E-state index in [0.29, 0.717) is 23.9 Å². The van der Waals surface area contributed by atoms with Crippen LogP contribution in [-0.4, -0.2) is 28.2 Å². The minimum Gasteiger partial charge on any atom is -0.491 e. The molecule has 0 fully saturated rings. The second-order valence-electron chi connectivity index (χ2n) is 9.24. The number of para-hydroxylation sites is 2. The SMILES string of the molecule is CCCCC(CCC)n1ccc2cc(/C(C)=C/C(=O)Nc3ccccc3OCCCC(=O)O)ccc21. The van der Waals surface area contributed by atoms with Crippen LogP contribution < -0.4 is 10.1 Å². The van der Waals surface area contributed by atoms with E-state index in [0.717, 1.165) is 11.1 Å². The molecule has 0 bridgehead atoms. The summed E-state index contributed by atoms with van der Waals surface area (Å²) in [6.45, 7) is 6.69. The highest BCUT2D eigenvalue weighted by Crippen LogP contribution is 2.29. The molecule has 0 saturated heterocycles. The van der Waals surface area contributed by atoms with Crippen LogP contribution in [0.2, 0.25) is 0 Å². The lowest BCUT2D eigenvalue weighted by atomic mass is 10.0. The van der Waals surface area contributed by atoms with Gasteiger partial charge in [-0.25, -0.2) is 0 Å². The van der Waals surface area contributed by atoms with E-state index < -0.39 is 5.97 Å². The Hall–Kier alpha value is -3.54. The predicted molar refractivity (Wildman–Crippen MR) is 146 cm³/mol. The van der Waals surface area contributed by atoms with E-state index in [1.165, 1.54) is 43.0 Å². The van der Waals surface area contributed by atoms with Crippen molar-refractivity contribution in [1.29, 1.82) is 0 Å². The van der Waals surface area contributed by atoms with Crippen molar-refractivity contribution in [3.63, 3.8) is 0 Å². The largest absolute Gasteiger partial charge is 0.491 e. The van der Waals surface area contributed by atoms with Crippen molar-refractivity contribution < 1.29 is 19.4 Å². The van der Waals surface area contributed by atoms with Crippen molar-refractivity contribution in [2.24, 2.45) is 0 Å². The molecule has 6 heteroatoms. The average molecular weight is 491 g/mol. The molecule has 3 aromatic rings. The molecule has 0 radical (unpaired) electrons. The fraction of sp³-hybridized carbons (Fsp3) is 0.400. The maximum atomic E-state index is 12.8. The third-order valence-corrected chi connectivity index (χ3v) is 6.37. The van der Waals surface area contributed by atoms with Gasteiger partial charge in [-0.1, -0.05) is 51.3 Å². The second kappa shape index (κ2) is 13.5. The minimum atomic E-state index is -0.854. The zero-order valence-electron chi connectivity index (χ0n) is 21.6. The molecule has 1 amide bonds. The van der Waals surface area contributed by atoms with Crippen LogP contribution >= 0.6 is 0 Å². The quantitative estimate of drug-likeness (QED) is 0.182. The summed E-state index contributed by atoms with van der Waals surface area (Å²) in [7, 11) is 0. The summed E-state index contributed by atoms with van der Waals surface area (Å²) >= 11 is 0. The molecule has 0 spiro atoms. The number of carboxylic acids is 1. The standard InChI is InChI=1S/C30H38N2O4/c1-4-6-11-25(10-5-2)32-18-17-24-21-23(15-16-27(24)32)22(3)20-29(33)31-26-12-7-8-13-28(26)36-19-9-14-30(34)35/h7-8,12-13,15-18,20-21,25H,4-6,9-11,14,19H2,1-3H3,(H,31,33)(H,34,35)/b22-20+. The molecule has 0 aliphatic rings.